The Kier molecular flexibility index (Phi) is 2.56. The van der Waals surface area contributed by atoms with E-state index in [9.17, 15) is 0 Å². The molecule has 0 nitrogen and oxygen atoms in total. The minimum atomic E-state index is 1.08. The molecule has 1 rings (SSSR count). The molecule has 1 aliphatic carbocycles. The average Bonchev–Trinajstić information content (AvgIpc) is 2.33. The largest absolute Gasteiger partial charge is 0.0651 e. The van der Waals surface area contributed by atoms with E-state index in [1.54, 1.807) is 0 Å². The van der Waals surface area contributed by atoms with Crippen LogP contribution in [0.5, 0.6) is 0 Å². The van der Waals surface area contributed by atoms with Gasteiger partial charge in [-0.2, -0.15) is 0 Å². The lowest BCUT2D eigenvalue weighted by molar-refractivity contribution is 0.367. The maximum absolute atomic E-state index is 2.33. The third-order valence-corrected chi connectivity index (χ3v) is 2.87. The van der Waals surface area contributed by atoms with E-state index in [0.29, 0.717) is 0 Å². The molecule has 0 amide bonds. The van der Waals surface area contributed by atoms with E-state index in [0.717, 1.165) is 11.8 Å². The van der Waals surface area contributed by atoms with Crippen LogP contribution >= 0.6 is 0 Å². The van der Waals surface area contributed by atoms with E-state index in [2.05, 4.69) is 13.8 Å². The van der Waals surface area contributed by atoms with Crippen molar-refractivity contribution in [2.75, 3.05) is 0 Å². The summed E-state index contributed by atoms with van der Waals surface area (Å²) in [6, 6.07) is 0. The third-order valence-electron chi connectivity index (χ3n) is 2.87. The molecular formula is C9H18. The van der Waals surface area contributed by atoms with Gasteiger partial charge in [-0.3, -0.25) is 0 Å². The van der Waals surface area contributed by atoms with Gasteiger partial charge in [-0.05, 0) is 11.8 Å². The predicted molar refractivity (Wildman–Crippen MR) is 41.4 cm³/mol. The van der Waals surface area contributed by atoms with Crippen molar-refractivity contribution < 1.29 is 0 Å². The Labute approximate surface area is 58.7 Å². The van der Waals surface area contributed by atoms with Gasteiger partial charge in [-0.25, -0.2) is 0 Å². The summed E-state index contributed by atoms with van der Waals surface area (Å²) in [5.41, 5.74) is 0. The first-order chi connectivity index (χ1) is 4.38. The van der Waals surface area contributed by atoms with Gasteiger partial charge in [0.2, 0.25) is 0 Å². The third kappa shape index (κ3) is 1.47. The number of rotatable bonds is 2. The molecule has 0 aliphatic heterocycles. The average molecular weight is 126 g/mol. The van der Waals surface area contributed by atoms with Gasteiger partial charge < -0.3 is 0 Å². The predicted octanol–water partition coefficient (Wildman–Crippen LogP) is 3.22. The van der Waals surface area contributed by atoms with E-state index in [1.165, 1.54) is 32.1 Å². The molecule has 9 heavy (non-hydrogen) atoms. The summed E-state index contributed by atoms with van der Waals surface area (Å²) in [5, 5.41) is 0. The summed E-state index contributed by atoms with van der Waals surface area (Å²) in [4.78, 5) is 0. The monoisotopic (exact) mass is 126 g/mol. The van der Waals surface area contributed by atoms with Crippen LogP contribution in [0.1, 0.15) is 46.0 Å². The summed E-state index contributed by atoms with van der Waals surface area (Å²) in [6.45, 7) is 4.66. The van der Waals surface area contributed by atoms with E-state index >= 15 is 0 Å². The van der Waals surface area contributed by atoms with E-state index in [4.69, 9.17) is 0 Å². The first-order valence-corrected chi connectivity index (χ1v) is 4.38. The molecule has 0 aromatic heterocycles. The lowest BCUT2D eigenvalue weighted by atomic mass is 9.92. The molecule has 0 aromatic rings. The van der Waals surface area contributed by atoms with Crippen molar-refractivity contribution in [2.45, 2.75) is 46.0 Å². The van der Waals surface area contributed by atoms with Crippen molar-refractivity contribution in [1.29, 1.82) is 0 Å². The molecule has 0 N–H and O–H groups in total. The maximum Gasteiger partial charge on any atom is -0.0389 e. The molecule has 0 aromatic carbocycles. The second-order valence-electron chi connectivity index (χ2n) is 3.27. The van der Waals surface area contributed by atoms with Crippen molar-refractivity contribution in [2.24, 2.45) is 11.8 Å². The van der Waals surface area contributed by atoms with Gasteiger partial charge in [0.05, 0.1) is 0 Å². The Bertz CT molecular complexity index is 66.1. The van der Waals surface area contributed by atoms with Gasteiger partial charge in [0.15, 0.2) is 0 Å². The van der Waals surface area contributed by atoms with Crippen molar-refractivity contribution in [3.05, 3.63) is 0 Å². The van der Waals surface area contributed by atoms with Crippen LogP contribution in [-0.4, -0.2) is 0 Å². The van der Waals surface area contributed by atoms with Crippen molar-refractivity contribution in [3.8, 4) is 0 Å². The fraction of sp³-hybridized carbons (Fsp3) is 1.00. The molecule has 0 heteroatoms. The van der Waals surface area contributed by atoms with Crippen LogP contribution in [0.15, 0.2) is 0 Å². The topological polar surface area (TPSA) is 0 Å². The molecule has 0 saturated heterocycles. The minimum absolute atomic E-state index is 1.08. The zero-order valence-electron chi connectivity index (χ0n) is 6.69. The Balaban J connectivity index is 2.32. The van der Waals surface area contributed by atoms with Crippen LogP contribution in [0, 0.1) is 11.8 Å². The molecule has 1 aliphatic rings. The molecule has 0 heterocycles. The Morgan fingerprint density at radius 1 is 1.00 bits per heavy atom. The first-order valence-electron chi connectivity index (χ1n) is 4.38. The van der Waals surface area contributed by atoms with Crippen LogP contribution in [-0.2, 0) is 0 Å². The maximum atomic E-state index is 2.33. The smallest absolute Gasteiger partial charge is 0.0389 e. The van der Waals surface area contributed by atoms with Crippen molar-refractivity contribution in [1.82, 2.24) is 0 Å². The molecule has 2 atom stereocenters. The molecule has 0 radical (unpaired) electrons. The minimum Gasteiger partial charge on any atom is -0.0651 e. The molecule has 54 valence electrons. The molecule has 1 fully saturated rings. The standard InChI is InChI=1S/C9H18/c1-3-8-6-5-7-9(8)4-2/h8-9H,3-7H2,1-2H3/t8-,9+. The quantitative estimate of drug-likeness (QED) is 0.533. The van der Waals surface area contributed by atoms with Crippen LogP contribution < -0.4 is 0 Å². The molecule has 1 saturated carbocycles. The zero-order valence-corrected chi connectivity index (χ0v) is 6.69. The number of hydrogen-bond donors (Lipinski definition) is 0. The lowest BCUT2D eigenvalue weighted by Crippen LogP contribution is -2.04. The number of hydrogen-bond acceptors (Lipinski definition) is 0. The lowest BCUT2D eigenvalue weighted by Gasteiger charge is -2.14. The molecule has 0 unspecified atom stereocenters. The van der Waals surface area contributed by atoms with Crippen molar-refractivity contribution in [3.63, 3.8) is 0 Å². The van der Waals surface area contributed by atoms with Gasteiger partial charge in [-0.15, -0.1) is 0 Å². The van der Waals surface area contributed by atoms with Crippen LogP contribution in [0.3, 0.4) is 0 Å². The van der Waals surface area contributed by atoms with Crippen molar-refractivity contribution >= 4 is 0 Å². The van der Waals surface area contributed by atoms with Crippen LogP contribution in [0.2, 0.25) is 0 Å². The van der Waals surface area contributed by atoms with E-state index < -0.39 is 0 Å². The van der Waals surface area contributed by atoms with E-state index in [1.807, 2.05) is 0 Å². The van der Waals surface area contributed by atoms with Gasteiger partial charge in [-0.1, -0.05) is 46.0 Å². The Morgan fingerprint density at radius 3 is 1.78 bits per heavy atom. The molecule has 0 bridgehead atoms. The van der Waals surface area contributed by atoms with Crippen LogP contribution in [0.25, 0.3) is 0 Å². The highest BCUT2D eigenvalue weighted by atomic mass is 14.3. The Hall–Kier alpha value is 0. The summed E-state index contributed by atoms with van der Waals surface area (Å²) in [7, 11) is 0. The summed E-state index contributed by atoms with van der Waals surface area (Å²) in [6.07, 6.45) is 7.35. The highest BCUT2D eigenvalue weighted by Gasteiger charge is 2.23. The van der Waals surface area contributed by atoms with Crippen LogP contribution in [0.4, 0.5) is 0 Å². The summed E-state index contributed by atoms with van der Waals surface area (Å²) >= 11 is 0. The molecular weight excluding hydrogens is 108 g/mol. The molecule has 0 spiro atoms. The normalized spacial score (nSPS) is 35.3. The van der Waals surface area contributed by atoms with Gasteiger partial charge in [0.25, 0.3) is 0 Å². The Morgan fingerprint density at radius 2 is 1.44 bits per heavy atom. The van der Waals surface area contributed by atoms with Gasteiger partial charge >= 0.3 is 0 Å². The zero-order chi connectivity index (χ0) is 6.69. The highest BCUT2D eigenvalue weighted by Crippen LogP contribution is 2.35. The second kappa shape index (κ2) is 3.24. The summed E-state index contributed by atoms with van der Waals surface area (Å²) < 4.78 is 0. The first kappa shape index (κ1) is 7.11. The second-order valence-corrected chi connectivity index (χ2v) is 3.27. The SMILES string of the molecule is CC[C@@H]1CCC[C@@H]1CC. The van der Waals surface area contributed by atoms with Gasteiger partial charge in [0, 0.05) is 0 Å². The highest BCUT2D eigenvalue weighted by molar-refractivity contribution is 4.74. The van der Waals surface area contributed by atoms with Gasteiger partial charge in [0.1, 0.15) is 0 Å². The fourth-order valence-corrected chi connectivity index (χ4v) is 2.19. The summed E-state index contributed by atoms with van der Waals surface area (Å²) in [5.74, 6) is 2.16. The fourth-order valence-electron chi connectivity index (χ4n) is 2.19. The van der Waals surface area contributed by atoms with E-state index in [-0.39, 0.29) is 0 Å².